The van der Waals surface area contributed by atoms with Crippen molar-refractivity contribution in [2.75, 3.05) is 7.05 Å². The lowest BCUT2D eigenvalue weighted by Crippen LogP contribution is -2.53. The second-order valence-corrected chi connectivity index (χ2v) is 20.2. The van der Waals surface area contributed by atoms with E-state index in [9.17, 15) is 0 Å². The van der Waals surface area contributed by atoms with Gasteiger partial charge in [-0.2, -0.15) is 4.57 Å². The zero-order valence-electron chi connectivity index (χ0n) is 29.5. The first-order valence-electron chi connectivity index (χ1n) is 17.9. The summed E-state index contributed by atoms with van der Waals surface area (Å²) in [6.07, 6.45) is 16.6. The van der Waals surface area contributed by atoms with Crippen LogP contribution in [-0.2, 0) is 12.8 Å². The van der Waals surface area contributed by atoms with Gasteiger partial charge in [0.2, 0.25) is 11.4 Å². The second kappa shape index (κ2) is 13.1. The third kappa shape index (κ3) is 5.81. The Morgan fingerprint density at radius 1 is 1.00 bits per heavy atom. The summed E-state index contributed by atoms with van der Waals surface area (Å²) >= 11 is 0. The van der Waals surface area contributed by atoms with Crippen LogP contribution in [0.15, 0.2) is 95.5 Å². The fourth-order valence-corrected chi connectivity index (χ4v) is 10.3. The first-order valence-corrected chi connectivity index (χ1v) is 21.4. The van der Waals surface area contributed by atoms with Gasteiger partial charge in [-0.15, -0.1) is 0 Å². The standard InChI is InChI=1S/C43H50N3OSi/c1-8-37(44-4)41-30(21-24-35-36-22-19-28(3)45-43(36)47-42(35)41)20-23-34-32-17-13-14-18-33(32)39-26-31(25-29-15-11-10-12-16-29)40(48(5,6)7)27-46(39)38(34)9-2/h8-9,13-14,17-19,21-22,24,26-27,29,34,38H,1-2,10-12,15-16,20,23,25H2,3-7H3/q+1/b44-37-. The summed E-state index contributed by atoms with van der Waals surface area (Å²) in [6, 6.07) is 20.5. The Hall–Kier alpha value is -4.09. The second-order valence-electron chi connectivity index (χ2n) is 15.1. The molecule has 0 amide bonds. The summed E-state index contributed by atoms with van der Waals surface area (Å²) in [4.78, 5) is 9.35. The molecule has 7 rings (SSSR count). The maximum Gasteiger partial charge on any atom is 0.227 e. The number of aryl methyl sites for hydroxylation is 2. The van der Waals surface area contributed by atoms with Crippen molar-refractivity contribution in [1.82, 2.24) is 4.98 Å². The fraction of sp³-hybridized carbons (Fsp3) is 0.372. The average molecular weight is 653 g/mol. The van der Waals surface area contributed by atoms with Crippen molar-refractivity contribution < 1.29 is 8.98 Å². The molecule has 2 aliphatic rings. The number of aromatic nitrogens is 2. The number of hydrogen-bond acceptors (Lipinski definition) is 3. The van der Waals surface area contributed by atoms with Gasteiger partial charge in [-0.3, -0.25) is 4.99 Å². The number of hydrogen-bond donors (Lipinski definition) is 0. The number of allylic oxidation sites excluding steroid dienone is 2. The van der Waals surface area contributed by atoms with Gasteiger partial charge in [-0.1, -0.05) is 95.2 Å². The molecule has 0 spiro atoms. The largest absolute Gasteiger partial charge is 0.437 e. The number of aliphatic imine (C=N–C) groups is 1. The lowest BCUT2D eigenvalue weighted by molar-refractivity contribution is -0.706. The zero-order valence-corrected chi connectivity index (χ0v) is 30.5. The number of benzene rings is 2. The third-order valence-electron chi connectivity index (χ3n) is 11.0. The maximum absolute atomic E-state index is 6.48. The SMILES string of the molecule is C=C/C(=N/C)c1c(CCC2c3ccccc3-c3cc(CC4CCCCC4)c([Si](C)(C)C)c[n+]3C2C=C)ccc2c1oc1nc(C)ccc12. The molecule has 3 aromatic heterocycles. The number of rotatable bonds is 9. The van der Waals surface area contributed by atoms with Crippen LogP contribution in [0, 0.1) is 12.8 Å². The molecule has 246 valence electrons. The molecule has 0 saturated heterocycles. The summed E-state index contributed by atoms with van der Waals surface area (Å²) in [6.45, 7) is 18.1. The van der Waals surface area contributed by atoms with E-state index < -0.39 is 8.07 Å². The molecule has 0 bridgehead atoms. The van der Waals surface area contributed by atoms with Crippen molar-refractivity contribution in [1.29, 1.82) is 0 Å². The van der Waals surface area contributed by atoms with Crippen molar-refractivity contribution in [3.63, 3.8) is 0 Å². The quantitative estimate of drug-likeness (QED) is 0.0688. The van der Waals surface area contributed by atoms with Crippen molar-refractivity contribution in [3.05, 3.63) is 114 Å². The van der Waals surface area contributed by atoms with Crippen LogP contribution in [0.2, 0.25) is 19.6 Å². The van der Waals surface area contributed by atoms with Gasteiger partial charge in [-0.25, -0.2) is 4.98 Å². The van der Waals surface area contributed by atoms with Crippen LogP contribution in [0.1, 0.15) is 78.4 Å². The Kier molecular flexibility index (Phi) is 8.84. The van der Waals surface area contributed by atoms with E-state index in [4.69, 9.17) is 9.40 Å². The molecule has 2 unspecified atom stereocenters. The highest BCUT2D eigenvalue weighted by Gasteiger charge is 2.40. The highest BCUT2D eigenvalue weighted by atomic mass is 28.3. The molecular formula is C43H50N3OSi+. The zero-order chi connectivity index (χ0) is 33.6. The molecule has 0 radical (unpaired) electrons. The molecule has 5 heteroatoms. The lowest BCUT2D eigenvalue weighted by atomic mass is 9.78. The number of fused-ring (bicyclic) bond motifs is 6. The van der Waals surface area contributed by atoms with E-state index in [2.05, 4.69) is 103 Å². The van der Waals surface area contributed by atoms with Crippen LogP contribution in [0.3, 0.4) is 0 Å². The van der Waals surface area contributed by atoms with Crippen LogP contribution in [0.25, 0.3) is 33.3 Å². The first kappa shape index (κ1) is 32.5. The van der Waals surface area contributed by atoms with Crippen LogP contribution in [-0.4, -0.2) is 25.8 Å². The average Bonchev–Trinajstić information content (AvgIpc) is 3.45. The number of furan rings is 1. The molecular weight excluding hydrogens is 603 g/mol. The van der Waals surface area contributed by atoms with Gasteiger partial charge in [0, 0.05) is 45.9 Å². The summed E-state index contributed by atoms with van der Waals surface area (Å²) in [5.41, 5.74) is 11.3. The van der Waals surface area contributed by atoms with Gasteiger partial charge in [0.05, 0.1) is 19.7 Å². The smallest absolute Gasteiger partial charge is 0.227 e. The summed E-state index contributed by atoms with van der Waals surface area (Å²) < 4.78 is 9.06. The highest BCUT2D eigenvalue weighted by Crippen LogP contribution is 2.42. The van der Waals surface area contributed by atoms with Crippen LogP contribution >= 0.6 is 0 Å². The maximum atomic E-state index is 6.48. The molecule has 48 heavy (non-hydrogen) atoms. The van der Waals surface area contributed by atoms with E-state index in [0.717, 1.165) is 52.1 Å². The summed E-state index contributed by atoms with van der Waals surface area (Å²) in [7, 11) is 0.221. The summed E-state index contributed by atoms with van der Waals surface area (Å²) in [5.74, 6) is 1.09. The van der Waals surface area contributed by atoms with Crippen LogP contribution in [0.5, 0.6) is 0 Å². The topological polar surface area (TPSA) is 42.3 Å². The van der Waals surface area contributed by atoms with E-state index in [1.54, 1.807) is 10.8 Å². The molecule has 2 aromatic carbocycles. The van der Waals surface area contributed by atoms with Crippen molar-refractivity contribution in [3.8, 4) is 11.3 Å². The normalized spacial score (nSPS) is 18.6. The minimum absolute atomic E-state index is 0.165. The Morgan fingerprint density at radius 2 is 1.77 bits per heavy atom. The predicted molar refractivity (Wildman–Crippen MR) is 205 cm³/mol. The minimum atomic E-state index is -1.61. The van der Waals surface area contributed by atoms with E-state index >= 15 is 0 Å². The van der Waals surface area contributed by atoms with Gasteiger partial charge in [0.15, 0.2) is 12.2 Å². The first-order chi connectivity index (χ1) is 23.2. The Labute approximate surface area is 287 Å². The van der Waals surface area contributed by atoms with Gasteiger partial charge < -0.3 is 4.42 Å². The summed E-state index contributed by atoms with van der Waals surface area (Å²) in [5, 5.41) is 3.71. The van der Waals surface area contributed by atoms with Crippen molar-refractivity contribution in [2.45, 2.75) is 89.9 Å². The van der Waals surface area contributed by atoms with Gasteiger partial charge >= 0.3 is 0 Å². The van der Waals surface area contributed by atoms with Gasteiger partial charge in [0.25, 0.3) is 0 Å². The van der Waals surface area contributed by atoms with Crippen molar-refractivity contribution in [2.24, 2.45) is 10.9 Å². The molecule has 4 heterocycles. The number of nitrogens with zero attached hydrogens (tertiary/aromatic N) is 3. The van der Waals surface area contributed by atoms with E-state index in [1.807, 2.05) is 26.1 Å². The molecule has 4 nitrogen and oxygen atoms in total. The van der Waals surface area contributed by atoms with Crippen LogP contribution < -0.4 is 9.75 Å². The highest BCUT2D eigenvalue weighted by molar-refractivity contribution is 6.89. The Balaban J connectivity index is 1.31. The van der Waals surface area contributed by atoms with E-state index in [0.29, 0.717) is 5.71 Å². The molecule has 1 aliphatic carbocycles. The Morgan fingerprint density at radius 3 is 2.50 bits per heavy atom. The van der Waals surface area contributed by atoms with E-state index in [-0.39, 0.29) is 12.0 Å². The minimum Gasteiger partial charge on any atom is -0.437 e. The third-order valence-corrected chi connectivity index (χ3v) is 13.1. The van der Waals surface area contributed by atoms with Crippen LogP contribution in [0.4, 0.5) is 0 Å². The van der Waals surface area contributed by atoms with Crippen molar-refractivity contribution >= 4 is 41.0 Å². The molecule has 0 N–H and O–H groups in total. The monoisotopic (exact) mass is 652 g/mol. The Bertz CT molecular complexity index is 2060. The molecule has 5 aromatic rings. The molecule has 1 saturated carbocycles. The molecule has 2 atom stereocenters. The predicted octanol–water partition coefficient (Wildman–Crippen LogP) is 9.97. The molecule has 1 aliphatic heterocycles. The van der Waals surface area contributed by atoms with E-state index in [1.165, 1.54) is 60.9 Å². The lowest BCUT2D eigenvalue weighted by Gasteiger charge is -2.32. The van der Waals surface area contributed by atoms with Gasteiger partial charge in [0.1, 0.15) is 5.58 Å². The number of pyridine rings is 2. The molecule has 1 fully saturated rings. The fourth-order valence-electron chi connectivity index (χ4n) is 8.61. The van der Waals surface area contributed by atoms with Gasteiger partial charge in [-0.05, 0) is 79.1 Å².